The molecule has 0 saturated carbocycles. The Labute approximate surface area is 155 Å². The molecule has 0 spiro atoms. The monoisotopic (exact) mass is 407 g/mol. The lowest BCUT2D eigenvalue weighted by Gasteiger charge is -2.35. The standard InChI is InChI=1S/C16H29NO7SSi/c1-9(18)14-13-12(11(24-2)8-10(19)15(13)20)16(21)17(14)25(22,23)6-7-26(3,4)5/h9-10,13-15,18-20H,6-8H2,1-5H3/t9-,10-,13-,14+,15+/m1/s1. The summed E-state index contributed by atoms with van der Waals surface area (Å²) >= 11 is 0. The van der Waals surface area contributed by atoms with Gasteiger partial charge in [0.25, 0.3) is 5.91 Å². The third-order valence-corrected chi connectivity index (χ3v) is 8.85. The number of amides is 1. The summed E-state index contributed by atoms with van der Waals surface area (Å²) in [5, 5.41) is 30.7. The van der Waals surface area contributed by atoms with E-state index in [0.29, 0.717) is 10.3 Å². The quantitative estimate of drug-likeness (QED) is 0.525. The van der Waals surface area contributed by atoms with Gasteiger partial charge < -0.3 is 20.1 Å². The molecule has 1 amide bonds. The summed E-state index contributed by atoms with van der Waals surface area (Å²) in [6.07, 6.45) is -3.84. The molecule has 1 heterocycles. The molecule has 0 aromatic rings. The number of sulfonamides is 1. The van der Waals surface area contributed by atoms with Gasteiger partial charge in [0.05, 0.1) is 42.8 Å². The summed E-state index contributed by atoms with van der Waals surface area (Å²) in [5.74, 6) is -1.84. The van der Waals surface area contributed by atoms with Crippen molar-refractivity contribution in [3.63, 3.8) is 0 Å². The Morgan fingerprint density at radius 3 is 2.35 bits per heavy atom. The van der Waals surface area contributed by atoms with Gasteiger partial charge in [-0.1, -0.05) is 19.6 Å². The lowest BCUT2D eigenvalue weighted by molar-refractivity contribution is -0.122. The van der Waals surface area contributed by atoms with Crippen molar-refractivity contribution in [1.82, 2.24) is 4.31 Å². The molecule has 2 aliphatic rings. The molecule has 0 unspecified atom stereocenters. The number of aliphatic hydroxyl groups excluding tert-OH is 3. The highest BCUT2D eigenvalue weighted by molar-refractivity contribution is 7.89. The highest BCUT2D eigenvalue weighted by atomic mass is 32.2. The van der Waals surface area contributed by atoms with E-state index in [2.05, 4.69) is 0 Å². The second kappa shape index (κ2) is 7.23. The first-order chi connectivity index (χ1) is 11.8. The summed E-state index contributed by atoms with van der Waals surface area (Å²) in [6, 6.07) is -0.697. The molecule has 0 radical (unpaired) electrons. The third kappa shape index (κ3) is 3.84. The Balaban J connectivity index is 2.52. The molecule has 1 aliphatic carbocycles. The Morgan fingerprint density at radius 1 is 1.31 bits per heavy atom. The molecule has 26 heavy (non-hydrogen) atoms. The molecule has 1 fully saturated rings. The molecule has 2 rings (SSSR count). The Hall–Kier alpha value is -0.943. The van der Waals surface area contributed by atoms with Gasteiger partial charge >= 0.3 is 0 Å². The first-order valence-corrected chi connectivity index (χ1v) is 14.0. The maximum absolute atomic E-state index is 13.0. The van der Waals surface area contributed by atoms with E-state index in [0.717, 1.165) is 0 Å². The Kier molecular flexibility index (Phi) is 5.94. The minimum absolute atomic E-state index is 0.0350. The van der Waals surface area contributed by atoms with Crippen LogP contribution in [0.5, 0.6) is 0 Å². The number of nitrogens with zero attached hydrogens (tertiary/aromatic N) is 1. The van der Waals surface area contributed by atoms with Gasteiger partial charge in [-0.05, 0) is 13.0 Å². The zero-order valence-electron chi connectivity index (χ0n) is 15.8. The SMILES string of the molecule is COC1=C2C(=O)N(S(=O)(=O)CC[Si](C)(C)C)[C@@H]([C@@H](C)O)[C@@H]2[C@@H](O)[C@H](O)C1. The van der Waals surface area contributed by atoms with E-state index in [9.17, 15) is 28.5 Å². The van der Waals surface area contributed by atoms with Crippen LogP contribution in [0.25, 0.3) is 0 Å². The average Bonchev–Trinajstić information content (AvgIpc) is 2.83. The van der Waals surface area contributed by atoms with Crippen LogP contribution in [0.1, 0.15) is 13.3 Å². The fourth-order valence-electron chi connectivity index (χ4n) is 3.59. The van der Waals surface area contributed by atoms with E-state index >= 15 is 0 Å². The van der Waals surface area contributed by atoms with Gasteiger partial charge in [0.15, 0.2) is 0 Å². The van der Waals surface area contributed by atoms with Crippen LogP contribution in [-0.2, 0) is 19.6 Å². The number of methoxy groups -OCH3 is 1. The number of fused-ring (bicyclic) bond motifs is 1. The van der Waals surface area contributed by atoms with Crippen molar-refractivity contribution in [3.8, 4) is 0 Å². The lowest BCUT2D eigenvalue weighted by atomic mass is 9.79. The zero-order chi connectivity index (χ0) is 20.0. The molecule has 0 aromatic carbocycles. The first-order valence-electron chi connectivity index (χ1n) is 8.69. The first kappa shape index (κ1) is 21.4. The van der Waals surface area contributed by atoms with Crippen molar-refractivity contribution in [1.29, 1.82) is 0 Å². The predicted molar refractivity (Wildman–Crippen MR) is 98.4 cm³/mol. The number of rotatable bonds is 6. The summed E-state index contributed by atoms with van der Waals surface area (Å²) in [6.45, 7) is 7.48. The van der Waals surface area contributed by atoms with Gasteiger partial charge in [0.2, 0.25) is 10.0 Å². The van der Waals surface area contributed by atoms with E-state index in [-0.39, 0.29) is 23.5 Å². The molecule has 1 aliphatic heterocycles. The van der Waals surface area contributed by atoms with E-state index in [1.807, 2.05) is 19.6 Å². The number of hydrogen-bond acceptors (Lipinski definition) is 7. The van der Waals surface area contributed by atoms with Gasteiger partial charge in [-0.25, -0.2) is 12.7 Å². The van der Waals surface area contributed by atoms with Crippen molar-refractivity contribution in [2.24, 2.45) is 5.92 Å². The maximum Gasteiger partial charge on any atom is 0.267 e. The Morgan fingerprint density at radius 2 is 1.88 bits per heavy atom. The molecule has 10 heteroatoms. The molecule has 0 bridgehead atoms. The van der Waals surface area contributed by atoms with Crippen molar-refractivity contribution in [3.05, 3.63) is 11.3 Å². The number of aliphatic hydroxyl groups is 3. The molecule has 8 nitrogen and oxygen atoms in total. The van der Waals surface area contributed by atoms with Gasteiger partial charge in [-0.3, -0.25) is 4.79 Å². The van der Waals surface area contributed by atoms with Gasteiger partial charge in [0.1, 0.15) is 5.76 Å². The van der Waals surface area contributed by atoms with Crippen LogP contribution in [0.3, 0.4) is 0 Å². The minimum atomic E-state index is -3.99. The average molecular weight is 408 g/mol. The number of carbonyl (C=O) groups is 1. The number of carbonyl (C=O) groups excluding carboxylic acids is 1. The largest absolute Gasteiger partial charge is 0.500 e. The van der Waals surface area contributed by atoms with Crippen LogP contribution in [0.4, 0.5) is 0 Å². The fraction of sp³-hybridized carbons (Fsp3) is 0.812. The fourth-order valence-corrected chi connectivity index (χ4v) is 8.29. The molecular weight excluding hydrogens is 378 g/mol. The van der Waals surface area contributed by atoms with Crippen LogP contribution >= 0.6 is 0 Å². The minimum Gasteiger partial charge on any atom is -0.500 e. The Bertz CT molecular complexity index is 698. The highest BCUT2D eigenvalue weighted by Gasteiger charge is 2.58. The van der Waals surface area contributed by atoms with Crippen LogP contribution in [-0.4, -0.2) is 79.2 Å². The van der Waals surface area contributed by atoms with Crippen molar-refractivity contribution in [2.75, 3.05) is 12.9 Å². The normalized spacial score (nSPS) is 31.2. The lowest BCUT2D eigenvalue weighted by Crippen LogP contribution is -2.51. The molecule has 5 atom stereocenters. The van der Waals surface area contributed by atoms with E-state index < -0.39 is 54.3 Å². The molecule has 1 saturated heterocycles. The topological polar surface area (TPSA) is 124 Å². The van der Waals surface area contributed by atoms with Crippen LogP contribution in [0, 0.1) is 5.92 Å². The van der Waals surface area contributed by atoms with E-state index in [1.54, 1.807) is 0 Å². The maximum atomic E-state index is 13.0. The molecular formula is C16H29NO7SSi. The van der Waals surface area contributed by atoms with Crippen molar-refractivity contribution < 1.29 is 33.3 Å². The molecule has 3 N–H and O–H groups in total. The summed E-state index contributed by atoms with van der Waals surface area (Å²) in [4.78, 5) is 13.0. The van der Waals surface area contributed by atoms with Crippen molar-refractivity contribution in [2.45, 2.75) is 63.4 Å². The molecule has 0 aromatic heterocycles. The summed E-state index contributed by atoms with van der Waals surface area (Å²) < 4.78 is 31.8. The summed E-state index contributed by atoms with van der Waals surface area (Å²) in [7, 11) is -4.34. The second-order valence-corrected chi connectivity index (χ2v) is 15.9. The van der Waals surface area contributed by atoms with Crippen LogP contribution < -0.4 is 0 Å². The van der Waals surface area contributed by atoms with Gasteiger partial charge in [-0.2, -0.15) is 0 Å². The smallest absolute Gasteiger partial charge is 0.267 e. The molecule has 150 valence electrons. The summed E-state index contributed by atoms with van der Waals surface area (Å²) in [5.41, 5.74) is 0.0350. The van der Waals surface area contributed by atoms with Crippen LogP contribution in [0.2, 0.25) is 25.7 Å². The van der Waals surface area contributed by atoms with E-state index in [4.69, 9.17) is 4.74 Å². The van der Waals surface area contributed by atoms with Gasteiger partial charge in [0, 0.05) is 20.4 Å². The second-order valence-electron chi connectivity index (χ2n) is 8.29. The number of ether oxygens (including phenoxy) is 1. The van der Waals surface area contributed by atoms with Gasteiger partial charge in [-0.15, -0.1) is 0 Å². The zero-order valence-corrected chi connectivity index (χ0v) is 17.7. The van der Waals surface area contributed by atoms with E-state index in [1.165, 1.54) is 14.0 Å². The highest BCUT2D eigenvalue weighted by Crippen LogP contribution is 2.44. The van der Waals surface area contributed by atoms with Crippen LogP contribution in [0.15, 0.2) is 11.3 Å². The predicted octanol–water partition coefficient (Wildman–Crippen LogP) is -0.112. The number of hydrogen-bond donors (Lipinski definition) is 3. The van der Waals surface area contributed by atoms with Crippen molar-refractivity contribution >= 4 is 24.0 Å². The third-order valence-electron chi connectivity index (χ3n) is 5.01.